The SMILES string of the molecule is Cc1cc(-c2nncc3c(C(C)(C)C)c(OCC4=NCNN4)nn23)no1. The van der Waals surface area contributed by atoms with E-state index in [9.17, 15) is 0 Å². The topological polar surface area (TPSA) is 115 Å². The van der Waals surface area contributed by atoms with E-state index >= 15 is 0 Å². The summed E-state index contributed by atoms with van der Waals surface area (Å²) < 4.78 is 12.8. The van der Waals surface area contributed by atoms with Crippen LogP contribution in [0.25, 0.3) is 17.0 Å². The molecule has 1 aliphatic rings. The summed E-state index contributed by atoms with van der Waals surface area (Å²) >= 11 is 0. The molecule has 0 aliphatic carbocycles. The van der Waals surface area contributed by atoms with E-state index in [0.717, 1.165) is 16.9 Å². The Hall–Kier alpha value is -3.01. The number of amidine groups is 1. The maximum atomic E-state index is 5.96. The molecule has 10 heteroatoms. The van der Waals surface area contributed by atoms with Crippen LogP contribution in [0.1, 0.15) is 32.1 Å². The Labute approximate surface area is 149 Å². The molecule has 10 nitrogen and oxygen atoms in total. The second-order valence-electron chi connectivity index (χ2n) is 7.07. The molecule has 0 amide bonds. The zero-order chi connectivity index (χ0) is 18.3. The first-order valence-corrected chi connectivity index (χ1v) is 8.27. The lowest BCUT2D eigenvalue weighted by molar-refractivity contribution is 0.345. The predicted molar refractivity (Wildman–Crippen MR) is 93.8 cm³/mol. The molecule has 136 valence electrons. The van der Waals surface area contributed by atoms with Gasteiger partial charge in [0.15, 0.2) is 11.5 Å². The highest BCUT2D eigenvalue weighted by molar-refractivity contribution is 5.84. The summed E-state index contributed by atoms with van der Waals surface area (Å²) in [5, 5.41) is 17.0. The lowest BCUT2D eigenvalue weighted by Crippen LogP contribution is -2.33. The van der Waals surface area contributed by atoms with Gasteiger partial charge in [-0.2, -0.15) is 5.10 Å². The van der Waals surface area contributed by atoms with Crippen molar-refractivity contribution in [2.24, 2.45) is 4.99 Å². The summed E-state index contributed by atoms with van der Waals surface area (Å²) in [5.74, 6) is 2.43. The van der Waals surface area contributed by atoms with Gasteiger partial charge in [0.1, 0.15) is 19.0 Å². The average Bonchev–Trinajstić information content (AvgIpc) is 3.30. The van der Waals surface area contributed by atoms with Gasteiger partial charge in [-0.3, -0.25) is 4.99 Å². The Morgan fingerprint density at radius 2 is 2.19 bits per heavy atom. The third-order valence-corrected chi connectivity index (χ3v) is 3.96. The fraction of sp³-hybridized carbons (Fsp3) is 0.438. The number of rotatable bonds is 4. The van der Waals surface area contributed by atoms with Crippen LogP contribution in [0.5, 0.6) is 5.88 Å². The molecule has 0 spiro atoms. The van der Waals surface area contributed by atoms with Crippen LogP contribution >= 0.6 is 0 Å². The van der Waals surface area contributed by atoms with Crippen molar-refractivity contribution in [1.82, 2.24) is 35.8 Å². The monoisotopic (exact) mass is 356 g/mol. The Bertz CT molecular complexity index is 982. The number of nitrogens with zero attached hydrogens (tertiary/aromatic N) is 6. The molecule has 0 unspecified atom stereocenters. The van der Waals surface area contributed by atoms with Gasteiger partial charge in [0, 0.05) is 11.6 Å². The molecule has 0 aromatic carbocycles. The van der Waals surface area contributed by atoms with Gasteiger partial charge in [-0.15, -0.1) is 10.2 Å². The quantitative estimate of drug-likeness (QED) is 0.717. The van der Waals surface area contributed by atoms with E-state index < -0.39 is 0 Å². The predicted octanol–water partition coefficient (Wildman–Crippen LogP) is 1.23. The minimum Gasteiger partial charge on any atom is -0.468 e. The molecule has 0 atom stereocenters. The van der Waals surface area contributed by atoms with Crippen molar-refractivity contribution in [3.05, 3.63) is 23.6 Å². The van der Waals surface area contributed by atoms with Crippen LogP contribution in [0.15, 0.2) is 21.8 Å². The lowest BCUT2D eigenvalue weighted by atomic mass is 9.88. The van der Waals surface area contributed by atoms with Crippen molar-refractivity contribution in [2.75, 3.05) is 13.3 Å². The van der Waals surface area contributed by atoms with Crippen molar-refractivity contribution >= 4 is 11.4 Å². The molecule has 0 saturated carbocycles. The number of hydrogen-bond acceptors (Lipinski definition) is 9. The number of aliphatic imine (C=N–C) groups is 1. The van der Waals surface area contributed by atoms with Crippen LogP contribution in [-0.2, 0) is 5.41 Å². The normalized spacial score (nSPS) is 14.5. The third kappa shape index (κ3) is 2.88. The smallest absolute Gasteiger partial charge is 0.238 e. The van der Waals surface area contributed by atoms with E-state index in [1.165, 1.54) is 0 Å². The van der Waals surface area contributed by atoms with E-state index in [4.69, 9.17) is 9.26 Å². The van der Waals surface area contributed by atoms with Crippen LogP contribution in [0.4, 0.5) is 0 Å². The summed E-state index contributed by atoms with van der Waals surface area (Å²) in [5.41, 5.74) is 7.99. The molecule has 26 heavy (non-hydrogen) atoms. The number of aromatic nitrogens is 5. The molecule has 0 saturated heterocycles. The van der Waals surface area contributed by atoms with E-state index in [2.05, 4.69) is 57.1 Å². The fourth-order valence-electron chi connectivity index (χ4n) is 2.84. The molecular formula is C16H20N8O2. The van der Waals surface area contributed by atoms with Gasteiger partial charge < -0.3 is 14.7 Å². The standard InChI is InChI=1S/C16H20N8O2/c1-9-5-10(23-26-9)14-21-18-6-11-13(16(2,3)4)15(22-24(11)14)25-7-12-17-8-19-20-12/h5-6,19H,7-8H2,1-4H3,(H,17,20). The Morgan fingerprint density at radius 1 is 1.35 bits per heavy atom. The molecule has 3 aromatic rings. The van der Waals surface area contributed by atoms with Crippen LogP contribution in [0.3, 0.4) is 0 Å². The van der Waals surface area contributed by atoms with Crippen LogP contribution in [0, 0.1) is 6.92 Å². The molecule has 4 heterocycles. The maximum absolute atomic E-state index is 5.96. The highest BCUT2D eigenvalue weighted by Gasteiger charge is 2.28. The summed E-state index contributed by atoms with van der Waals surface area (Å²) in [6.45, 7) is 8.95. The highest BCUT2D eigenvalue weighted by atomic mass is 16.5. The third-order valence-electron chi connectivity index (χ3n) is 3.96. The first-order valence-electron chi connectivity index (χ1n) is 8.27. The van der Waals surface area contributed by atoms with Gasteiger partial charge >= 0.3 is 0 Å². The van der Waals surface area contributed by atoms with Gasteiger partial charge in [0.05, 0.1) is 11.7 Å². The molecule has 0 radical (unpaired) electrons. The summed E-state index contributed by atoms with van der Waals surface area (Å²) in [6, 6.07) is 1.80. The number of hydrogen-bond donors (Lipinski definition) is 2. The second-order valence-corrected chi connectivity index (χ2v) is 7.07. The van der Waals surface area contributed by atoms with Crippen molar-refractivity contribution < 1.29 is 9.26 Å². The molecule has 0 bridgehead atoms. The van der Waals surface area contributed by atoms with Crippen molar-refractivity contribution in [2.45, 2.75) is 33.1 Å². The summed E-state index contributed by atoms with van der Waals surface area (Å²) in [4.78, 5) is 4.25. The molecule has 4 rings (SSSR count). The van der Waals surface area contributed by atoms with Gasteiger partial charge in [0.25, 0.3) is 0 Å². The minimum absolute atomic E-state index is 0.208. The highest BCUT2D eigenvalue weighted by Crippen LogP contribution is 2.35. The fourth-order valence-corrected chi connectivity index (χ4v) is 2.84. The van der Waals surface area contributed by atoms with Gasteiger partial charge in [-0.05, 0) is 12.3 Å². The summed E-state index contributed by atoms with van der Waals surface area (Å²) in [7, 11) is 0. The van der Waals surface area contributed by atoms with E-state index in [1.807, 2.05) is 6.92 Å². The van der Waals surface area contributed by atoms with Crippen LogP contribution in [-0.4, -0.2) is 44.1 Å². The maximum Gasteiger partial charge on any atom is 0.238 e. The molecule has 3 aromatic heterocycles. The van der Waals surface area contributed by atoms with Crippen molar-refractivity contribution in [3.8, 4) is 17.4 Å². The van der Waals surface area contributed by atoms with Crippen LogP contribution in [0.2, 0.25) is 0 Å². The minimum atomic E-state index is -0.208. The van der Waals surface area contributed by atoms with Gasteiger partial charge in [-0.1, -0.05) is 25.9 Å². The zero-order valence-corrected chi connectivity index (χ0v) is 15.1. The first-order chi connectivity index (χ1) is 12.4. The van der Waals surface area contributed by atoms with Crippen molar-refractivity contribution in [3.63, 3.8) is 0 Å². The Kier molecular flexibility index (Phi) is 3.83. The van der Waals surface area contributed by atoms with Gasteiger partial charge in [-0.25, -0.2) is 9.94 Å². The summed E-state index contributed by atoms with van der Waals surface area (Å²) in [6.07, 6.45) is 1.68. The Morgan fingerprint density at radius 3 is 2.85 bits per heavy atom. The van der Waals surface area contributed by atoms with E-state index in [-0.39, 0.29) is 5.41 Å². The van der Waals surface area contributed by atoms with Crippen LogP contribution < -0.4 is 15.6 Å². The van der Waals surface area contributed by atoms with E-state index in [0.29, 0.717) is 36.4 Å². The zero-order valence-electron chi connectivity index (χ0n) is 15.1. The second kappa shape index (κ2) is 6.06. The molecule has 1 aliphatic heterocycles. The Balaban J connectivity index is 1.82. The van der Waals surface area contributed by atoms with Crippen molar-refractivity contribution in [1.29, 1.82) is 0 Å². The first kappa shape index (κ1) is 16.5. The molecular weight excluding hydrogens is 336 g/mol. The van der Waals surface area contributed by atoms with E-state index in [1.54, 1.807) is 16.8 Å². The number of ether oxygens (including phenoxy) is 1. The largest absolute Gasteiger partial charge is 0.468 e. The lowest BCUT2D eigenvalue weighted by Gasteiger charge is -2.18. The molecule has 2 N–H and O–H groups in total. The number of fused-ring (bicyclic) bond motifs is 1. The number of nitrogens with one attached hydrogen (secondary N) is 2. The number of hydrazine groups is 1. The van der Waals surface area contributed by atoms with Gasteiger partial charge in [0.2, 0.25) is 11.7 Å². The average molecular weight is 356 g/mol. The molecule has 0 fully saturated rings. The number of aryl methyl sites for hydroxylation is 1.